The van der Waals surface area contributed by atoms with Gasteiger partial charge in [0, 0.05) is 17.6 Å². The maximum atomic E-state index is 12.5. The largest absolute Gasteiger partial charge is 0.495 e. The fourth-order valence-electron chi connectivity index (χ4n) is 1.68. The van der Waals surface area contributed by atoms with E-state index in [0.717, 1.165) is 4.31 Å². The molecule has 0 aliphatic carbocycles. The number of carboxylic acid groups (broad SMARTS) is 1. The van der Waals surface area contributed by atoms with Crippen LogP contribution in [0.5, 0.6) is 5.75 Å². The van der Waals surface area contributed by atoms with Gasteiger partial charge in [0.15, 0.2) is 0 Å². The Kier molecular flexibility index (Phi) is 5.79. The van der Waals surface area contributed by atoms with E-state index in [1.165, 1.54) is 25.3 Å². The molecule has 1 aromatic rings. The average molecular weight is 322 g/mol. The van der Waals surface area contributed by atoms with E-state index in [9.17, 15) is 13.2 Å². The van der Waals surface area contributed by atoms with Crippen molar-refractivity contribution in [2.24, 2.45) is 0 Å². The summed E-state index contributed by atoms with van der Waals surface area (Å²) in [4.78, 5) is 10.7. The maximum Gasteiger partial charge on any atom is 0.318 e. The predicted molar refractivity (Wildman–Crippen MR) is 74.7 cm³/mol. The Morgan fingerprint density at radius 2 is 2.10 bits per heavy atom. The lowest BCUT2D eigenvalue weighted by atomic mass is 10.3. The van der Waals surface area contributed by atoms with Gasteiger partial charge in [-0.3, -0.25) is 4.79 Å². The Bertz CT molecular complexity index is 588. The highest BCUT2D eigenvalue weighted by molar-refractivity contribution is 7.89. The van der Waals surface area contributed by atoms with Gasteiger partial charge in [-0.2, -0.15) is 4.31 Å². The quantitative estimate of drug-likeness (QED) is 0.828. The summed E-state index contributed by atoms with van der Waals surface area (Å²) in [6, 6.07) is 4.10. The van der Waals surface area contributed by atoms with Crippen molar-refractivity contribution in [1.82, 2.24) is 4.31 Å². The van der Waals surface area contributed by atoms with Crippen molar-refractivity contribution in [3.8, 4) is 5.75 Å². The summed E-state index contributed by atoms with van der Waals surface area (Å²) >= 11 is 5.79. The number of ether oxygens (including phenoxy) is 1. The van der Waals surface area contributed by atoms with Crippen LogP contribution in [-0.2, 0) is 14.8 Å². The molecule has 0 bridgehead atoms. The SMILES string of the molecule is CCCN(CC(=O)O)S(=O)(=O)c1ccc(Cl)cc1OC. The molecule has 0 radical (unpaired) electrons. The molecule has 1 aromatic carbocycles. The van der Waals surface area contributed by atoms with Gasteiger partial charge in [0.2, 0.25) is 10.0 Å². The summed E-state index contributed by atoms with van der Waals surface area (Å²) in [5.41, 5.74) is 0. The molecule has 1 N–H and O–H groups in total. The number of carbonyl (C=O) groups is 1. The maximum absolute atomic E-state index is 12.5. The van der Waals surface area contributed by atoms with Crippen LogP contribution in [0.15, 0.2) is 23.1 Å². The summed E-state index contributed by atoms with van der Waals surface area (Å²) in [6.07, 6.45) is 0.502. The number of sulfonamides is 1. The zero-order chi connectivity index (χ0) is 15.3. The summed E-state index contributed by atoms with van der Waals surface area (Å²) in [5, 5.41) is 9.17. The van der Waals surface area contributed by atoms with E-state index < -0.39 is 22.5 Å². The molecule has 20 heavy (non-hydrogen) atoms. The van der Waals surface area contributed by atoms with Crippen molar-refractivity contribution < 1.29 is 23.1 Å². The Morgan fingerprint density at radius 3 is 2.60 bits per heavy atom. The number of rotatable bonds is 7. The first-order chi connectivity index (χ1) is 9.32. The van der Waals surface area contributed by atoms with Crippen LogP contribution in [-0.4, -0.2) is 44.0 Å². The van der Waals surface area contributed by atoms with Crippen molar-refractivity contribution in [1.29, 1.82) is 0 Å². The minimum atomic E-state index is -3.95. The molecule has 0 spiro atoms. The summed E-state index contributed by atoms with van der Waals surface area (Å²) in [5.74, 6) is -1.13. The molecule has 0 saturated heterocycles. The van der Waals surface area contributed by atoms with Crippen molar-refractivity contribution >= 4 is 27.6 Å². The van der Waals surface area contributed by atoms with Gasteiger partial charge >= 0.3 is 5.97 Å². The number of methoxy groups -OCH3 is 1. The molecule has 0 amide bonds. The fraction of sp³-hybridized carbons (Fsp3) is 0.417. The molecule has 0 saturated carbocycles. The lowest BCUT2D eigenvalue weighted by molar-refractivity contribution is -0.137. The van der Waals surface area contributed by atoms with Crippen LogP contribution in [0, 0.1) is 0 Å². The Morgan fingerprint density at radius 1 is 1.45 bits per heavy atom. The monoisotopic (exact) mass is 321 g/mol. The van der Waals surface area contributed by atoms with Crippen molar-refractivity contribution in [2.75, 3.05) is 20.2 Å². The fourth-order valence-corrected chi connectivity index (χ4v) is 3.46. The second-order valence-electron chi connectivity index (χ2n) is 4.03. The van der Waals surface area contributed by atoms with Gasteiger partial charge in [0.25, 0.3) is 0 Å². The van der Waals surface area contributed by atoms with Gasteiger partial charge in [-0.25, -0.2) is 8.42 Å². The normalized spacial score (nSPS) is 11.6. The molecule has 0 aliphatic heterocycles. The van der Waals surface area contributed by atoms with Crippen LogP contribution in [0.1, 0.15) is 13.3 Å². The number of nitrogens with zero attached hydrogens (tertiary/aromatic N) is 1. The van der Waals surface area contributed by atoms with Crippen molar-refractivity contribution in [2.45, 2.75) is 18.2 Å². The molecule has 8 heteroatoms. The number of carboxylic acids is 1. The molecule has 0 fully saturated rings. The molecule has 112 valence electrons. The van der Waals surface area contributed by atoms with E-state index in [2.05, 4.69) is 0 Å². The van der Waals surface area contributed by atoms with E-state index in [1.54, 1.807) is 6.92 Å². The zero-order valence-electron chi connectivity index (χ0n) is 11.2. The topological polar surface area (TPSA) is 83.9 Å². The van der Waals surface area contributed by atoms with Crippen molar-refractivity contribution in [3.63, 3.8) is 0 Å². The van der Waals surface area contributed by atoms with Gasteiger partial charge < -0.3 is 9.84 Å². The highest BCUT2D eigenvalue weighted by Crippen LogP contribution is 2.29. The van der Waals surface area contributed by atoms with E-state index in [1.807, 2.05) is 0 Å². The second-order valence-corrected chi connectivity index (χ2v) is 6.37. The van der Waals surface area contributed by atoms with Crippen LogP contribution in [0.3, 0.4) is 0 Å². The number of hydrogen-bond acceptors (Lipinski definition) is 4. The lowest BCUT2D eigenvalue weighted by Crippen LogP contribution is -2.36. The van der Waals surface area contributed by atoms with E-state index in [4.69, 9.17) is 21.4 Å². The molecule has 0 unspecified atom stereocenters. The van der Waals surface area contributed by atoms with E-state index in [-0.39, 0.29) is 17.2 Å². The first kappa shape index (κ1) is 16.7. The molecule has 0 atom stereocenters. The second kappa shape index (κ2) is 6.92. The number of aliphatic carboxylic acids is 1. The van der Waals surface area contributed by atoms with Gasteiger partial charge in [-0.1, -0.05) is 18.5 Å². The molecule has 0 heterocycles. The average Bonchev–Trinajstić information content (AvgIpc) is 2.37. The highest BCUT2D eigenvalue weighted by Gasteiger charge is 2.28. The van der Waals surface area contributed by atoms with Crippen LogP contribution in [0.2, 0.25) is 5.02 Å². The van der Waals surface area contributed by atoms with E-state index >= 15 is 0 Å². The predicted octanol–water partition coefficient (Wildman–Crippen LogP) is 1.83. The van der Waals surface area contributed by atoms with E-state index in [0.29, 0.717) is 11.4 Å². The number of hydrogen-bond donors (Lipinski definition) is 1. The third-order valence-electron chi connectivity index (χ3n) is 2.53. The molecular weight excluding hydrogens is 306 g/mol. The lowest BCUT2D eigenvalue weighted by Gasteiger charge is -2.21. The molecule has 1 rings (SSSR count). The van der Waals surface area contributed by atoms with Crippen molar-refractivity contribution in [3.05, 3.63) is 23.2 Å². The minimum absolute atomic E-state index is 0.0870. The van der Waals surface area contributed by atoms with Crippen LogP contribution in [0.25, 0.3) is 0 Å². The van der Waals surface area contributed by atoms with Gasteiger partial charge in [-0.15, -0.1) is 0 Å². The number of halogens is 1. The third kappa shape index (κ3) is 3.84. The summed E-state index contributed by atoms with van der Waals surface area (Å²) in [7, 11) is -2.62. The number of benzene rings is 1. The molecular formula is C12H16ClNO5S. The first-order valence-electron chi connectivity index (χ1n) is 5.88. The molecule has 0 aromatic heterocycles. The van der Waals surface area contributed by atoms with Gasteiger partial charge in [0.05, 0.1) is 7.11 Å². The van der Waals surface area contributed by atoms with Gasteiger partial charge in [0.1, 0.15) is 17.2 Å². The molecule has 6 nitrogen and oxygen atoms in total. The standard InChI is InChI=1S/C12H16ClNO5S/c1-3-6-14(8-12(15)16)20(17,18)11-5-4-9(13)7-10(11)19-2/h4-5,7H,3,6,8H2,1-2H3,(H,15,16). The summed E-state index contributed by atoms with van der Waals surface area (Å²) < 4.78 is 30.9. The minimum Gasteiger partial charge on any atom is -0.495 e. The molecule has 0 aliphatic rings. The van der Waals surface area contributed by atoms with Crippen LogP contribution in [0.4, 0.5) is 0 Å². The Balaban J connectivity index is 3.28. The van der Waals surface area contributed by atoms with Gasteiger partial charge in [-0.05, 0) is 18.6 Å². The zero-order valence-corrected chi connectivity index (χ0v) is 12.7. The Hall–Kier alpha value is -1.31. The highest BCUT2D eigenvalue weighted by atomic mass is 35.5. The third-order valence-corrected chi connectivity index (χ3v) is 4.65. The Labute approximate surface area is 123 Å². The smallest absolute Gasteiger partial charge is 0.318 e. The first-order valence-corrected chi connectivity index (χ1v) is 7.70. The van der Waals surface area contributed by atoms with Crippen LogP contribution < -0.4 is 4.74 Å². The summed E-state index contributed by atoms with van der Waals surface area (Å²) in [6.45, 7) is 1.28. The van der Waals surface area contributed by atoms with Crippen LogP contribution >= 0.6 is 11.6 Å².